The van der Waals surface area contributed by atoms with Crippen molar-refractivity contribution in [3.63, 3.8) is 0 Å². The van der Waals surface area contributed by atoms with Crippen LogP contribution in [0.1, 0.15) is 12.8 Å². The fraction of sp³-hybridized carbons (Fsp3) is 1.00. The minimum absolute atomic E-state index is 0.0110. The molecule has 3 saturated heterocycles. The smallest absolute Gasteiger partial charge is 0.218 e. The second-order valence-corrected chi connectivity index (χ2v) is 9.85. The molecule has 0 saturated carbocycles. The van der Waals surface area contributed by atoms with Gasteiger partial charge in [-0.15, -0.1) is 0 Å². The van der Waals surface area contributed by atoms with E-state index in [-0.39, 0.29) is 24.0 Å². The minimum Gasteiger partial charge on any atom is -0.315 e. The molecule has 3 aliphatic heterocycles. The van der Waals surface area contributed by atoms with E-state index in [2.05, 4.69) is 5.32 Å². The van der Waals surface area contributed by atoms with Crippen molar-refractivity contribution in [1.29, 1.82) is 0 Å². The van der Waals surface area contributed by atoms with Crippen molar-refractivity contribution in [2.24, 2.45) is 5.92 Å². The molecule has 1 unspecified atom stereocenters. The van der Waals surface area contributed by atoms with Crippen LogP contribution in [-0.2, 0) is 19.9 Å². The van der Waals surface area contributed by atoms with E-state index in [1.54, 1.807) is 4.31 Å². The predicted molar refractivity (Wildman–Crippen MR) is 67.4 cm³/mol. The highest BCUT2D eigenvalue weighted by molar-refractivity contribution is 7.95. The molecule has 18 heavy (non-hydrogen) atoms. The highest BCUT2D eigenvalue weighted by atomic mass is 32.2. The Balaban J connectivity index is 1.83. The summed E-state index contributed by atoms with van der Waals surface area (Å²) in [6, 6.07) is 0.0401. The van der Waals surface area contributed by atoms with Gasteiger partial charge in [-0.05, 0) is 25.3 Å². The molecular formula is C10H18N2O4S2. The van der Waals surface area contributed by atoms with Crippen LogP contribution in [-0.4, -0.2) is 63.6 Å². The highest BCUT2D eigenvalue weighted by Gasteiger charge is 2.48. The van der Waals surface area contributed by atoms with Gasteiger partial charge in [0.05, 0.1) is 16.8 Å². The zero-order valence-electron chi connectivity index (χ0n) is 10.1. The first-order chi connectivity index (χ1) is 8.40. The number of sulfone groups is 1. The molecule has 3 fully saturated rings. The number of sulfonamides is 1. The lowest BCUT2D eigenvalue weighted by atomic mass is 10.1. The van der Waals surface area contributed by atoms with Gasteiger partial charge in [-0.3, -0.25) is 0 Å². The Kier molecular flexibility index (Phi) is 2.96. The van der Waals surface area contributed by atoms with Crippen LogP contribution in [0.15, 0.2) is 0 Å². The summed E-state index contributed by atoms with van der Waals surface area (Å²) >= 11 is 0. The van der Waals surface area contributed by atoms with Crippen LogP contribution in [0.3, 0.4) is 0 Å². The van der Waals surface area contributed by atoms with Gasteiger partial charge in [0, 0.05) is 19.1 Å². The normalized spacial score (nSPS) is 40.1. The maximum absolute atomic E-state index is 12.5. The van der Waals surface area contributed by atoms with E-state index in [0.29, 0.717) is 19.0 Å². The molecule has 0 aromatic carbocycles. The van der Waals surface area contributed by atoms with Crippen LogP contribution in [0.2, 0.25) is 0 Å². The molecule has 0 radical (unpaired) electrons. The zero-order chi connectivity index (χ0) is 13.0. The van der Waals surface area contributed by atoms with Gasteiger partial charge in [-0.2, -0.15) is 4.31 Å². The van der Waals surface area contributed by atoms with Crippen LogP contribution >= 0.6 is 0 Å². The summed E-state index contributed by atoms with van der Waals surface area (Å²) in [5.74, 6) is 0.214. The topological polar surface area (TPSA) is 83.5 Å². The Morgan fingerprint density at radius 1 is 1.17 bits per heavy atom. The fourth-order valence-electron chi connectivity index (χ4n) is 3.31. The van der Waals surface area contributed by atoms with E-state index in [0.717, 1.165) is 13.0 Å². The molecule has 0 aromatic rings. The van der Waals surface area contributed by atoms with Gasteiger partial charge in [0.2, 0.25) is 10.0 Å². The Bertz CT molecular complexity index is 542. The van der Waals surface area contributed by atoms with Gasteiger partial charge < -0.3 is 5.32 Å². The summed E-state index contributed by atoms with van der Waals surface area (Å²) in [6.45, 7) is 2.12. The van der Waals surface area contributed by atoms with Crippen molar-refractivity contribution in [1.82, 2.24) is 9.62 Å². The summed E-state index contributed by atoms with van der Waals surface area (Å²) in [4.78, 5) is 0. The molecule has 0 spiro atoms. The van der Waals surface area contributed by atoms with Crippen LogP contribution in [0.4, 0.5) is 0 Å². The first kappa shape index (κ1) is 12.8. The standard InChI is InChI=1S/C10H18N2O4S2/c13-17(14)4-2-9(7-17)18(15,16)12-3-1-8-5-11-6-10(8)12/h8-11H,1-7H2/t8-,9?,10+/m1/s1. The lowest BCUT2D eigenvalue weighted by molar-refractivity contribution is 0.378. The molecule has 6 nitrogen and oxygen atoms in total. The maximum atomic E-state index is 12.5. The monoisotopic (exact) mass is 294 g/mol. The Morgan fingerprint density at radius 3 is 2.61 bits per heavy atom. The lowest BCUT2D eigenvalue weighted by Crippen LogP contribution is -2.44. The van der Waals surface area contributed by atoms with E-state index in [1.807, 2.05) is 0 Å². The molecule has 0 bridgehead atoms. The Hall–Kier alpha value is -0.180. The first-order valence-corrected chi connectivity index (χ1v) is 9.64. The van der Waals surface area contributed by atoms with Crippen LogP contribution in [0.5, 0.6) is 0 Å². The van der Waals surface area contributed by atoms with Gasteiger partial charge in [0.25, 0.3) is 0 Å². The zero-order valence-corrected chi connectivity index (χ0v) is 11.7. The molecule has 0 amide bonds. The molecule has 8 heteroatoms. The van der Waals surface area contributed by atoms with Crippen molar-refractivity contribution < 1.29 is 16.8 Å². The lowest BCUT2D eigenvalue weighted by Gasteiger charge is -2.25. The average Bonchev–Trinajstić information content (AvgIpc) is 2.90. The number of nitrogens with one attached hydrogen (secondary N) is 1. The van der Waals surface area contributed by atoms with E-state index in [9.17, 15) is 16.8 Å². The molecule has 3 aliphatic rings. The number of hydrogen-bond donors (Lipinski definition) is 1. The number of nitrogens with zero attached hydrogens (tertiary/aromatic N) is 1. The molecule has 0 aliphatic carbocycles. The summed E-state index contributed by atoms with van der Waals surface area (Å²) < 4.78 is 49.4. The van der Waals surface area contributed by atoms with Gasteiger partial charge in [-0.1, -0.05) is 0 Å². The number of fused-ring (bicyclic) bond motifs is 1. The van der Waals surface area contributed by atoms with E-state index in [4.69, 9.17) is 0 Å². The van der Waals surface area contributed by atoms with E-state index < -0.39 is 25.1 Å². The van der Waals surface area contributed by atoms with Gasteiger partial charge in [0.15, 0.2) is 9.84 Å². The van der Waals surface area contributed by atoms with Gasteiger partial charge in [0.1, 0.15) is 0 Å². The summed E-state index contributed by atoms with van der Waals surface area (Å²) in [7, 11) is -6.60. The van der Waals surface area contributed by atoms with Crippen molar-refractivity contribution >= 4 is 19.9 Å². The minimum atomic E-state index is -3.45. The van der Waals surface area contributed by atoms with Gasteiger partial charge >= 0.3 is 0 Å². The average molecular weight is 294 g/mol. The third-order valence-electron chi connectivity index (χ3n) is 4.33. The first-order valence-electron chi connectivity index (χ1n) is 6.32. The quantitative estimate of drug-likeness (QED) is 0.691. The summed E-state index contributed by atoms with van der Waals surface area (Å²) in [5, 5.41) is 2.49. The van der Waals surface area contributed by atoms with Crippen molar-refractivity contribution in [3.05, 3.63) is 0 Å². The largest absolute Gasteiger partial charge is 0.315 e. The second-order valence-electron chi connectivity index (χ2n) is 5.46. The fourth-order valence-corrected chi connectivity index (χ4v) is 8.10. The van der Waals surface area contributed by atoms with Crippen molar-refractivity contribution in [3.8, 4) is 0 Å². The number of rotatable bonds is 2. The third kappa shape index (κ3) is 1.99. The van der Waals surface area contributed by atoms with Crippen LogP contribution in [0, 0.1) is 5.92 Å². The maximum Gasteiger partial charge on any atom is 0.218 e. The van der Waals surface area contributed by atoms with E-state index >= 15 is 0 Å². The summed E-state index contributed by atoms with van der Waals surface area (Å²) in [5.41, 5.74) is 0. The van der Waals surface area contributed by atoms with E-state index in [1.165, 1.54) is 0 Å². The molecule has 3 rings (SSSR count). The van der Waals surface area contributed by atoms with Crippen molar-refractivity contribution in [2.45, 2.75) is 24.1 Å². The molecule has 0 aromatic heterocycles. The molecule has 3 atom stereocenters. The predicted octanol–water partition coefficient (Wildman–Crippen LogP) is -1.20. The van der Waals surface area contributed by atoms with Gasteiger partial charge in [-0.25, -0.2) is 16.8 Å². The highest BCUT2D eigenvalue weighted by Crippen LogP contribution is 2.33. The third-order valence-corrected chi connectivity index (χ3v) is 8.66. The van der Waals surface area contributed by atoms with Crippen molar-refractivity contribution in [2.75, 3.05) is 31.1 Å². The number of hydrogen-bond acceptors (Lipinski definition) is 5. The van der Waals surface area contributed by atoms with Crippen LogP contribution < -0.4 is 5.32 Å². The molecule has 104 valence electrons. The molecule has 3 heterocycles. The summed E-state index contributed by atoms with van der Waals surface area (Å²) in [6.07, 6.45) is 1.14. The Morgan fingerprint density at radius 2 is 1.94 bits per heavy atom. The molecular weight excluding hydrogens is 276 g/mol. The SMILES string of the molecule is O=S1(=O)CCC(S(=O)(=O)N2CC[C@@H]3CNC[C@@H]32)C1. The second kappa shape index (κ2) is 4.16. The molecule has 1 N–H and O–H groups in total. The Labute approximate surface area is 108 Å². The van der Waals surface area contributed by atoms with Crippen LogP contribution in [0.25, 0.3) is 0 Å².